The highest BCUT2D eigenvalue weighted by atomic mass is 35.5. The molecule has 3 N–H and O–H groups in total. The summed E-state index contributed by atoms with van der Waals surface area (Å²) in [6.45, 7) is 0. The molecule has 2 aromatic carbocycles. The summed E-state index contributed by atoms with van der Waals surface area (Å²) in [5, 5.41) is 15.9. The van der Waals surface area contributed by atoms with Crippen LogP contribution < -0.4 is 16.2 Å². The van der Waals surface area contributed by atoms with Crippen LogP contribution in [-0.2, 0) is 9.59 Å². The van der Waals surface area contributed by atoms with Crippen LogP contribution in [0.5, 0.6) is 0 Å². The number of benzene rings is 2. The van der Waals surface area contributed by atoms with Crippen LogP contribution in [0.2, 0.25) is 5.02 Å². The molecular formula is C21H16ClN3O6. The molecule has 9 nitrogen and oxygen atoms in total. The average molecular weight is 442 g/mol. The van der Waals surface area contributed by atoms with E-state index < -0.39 is 17.8 Å². The number of anilines is 1. The second kappa shape index (κ2) is 9.68. The fourth-order valence-electron chi connectivity index (χ4n) is 2.62. The van der Waals surface area contributed by atoms with E-state index in [2.05, 4.69) is 15.8 Å². The van der Waals surface area contributed by atoms with Crippen LogP contribution >= 0.6 is 11.6 Å². The minimum Gasteiger partial charge on any atom is -0.478 e. The van der Waals surface area contributed by atoms with Crippen molar-refractivity contribution in [1.82, 2.24) is 5.43 Å². The van der Waals surface area contributed by atoms with Crippen LogP contribution in [0.4, 0.5) is 5.69 Å². The Morgan fingerprint density at radius 3 is 2.65 bits per heavy atom. The van der Waals surface area contributed by atoms with Gasteiger partial charge in [-0.2, -0.15) is 5.10 Å². The van der Waals surface area contributed by atoms with Gasteiger partial charge in [0, 0.05) is 23.6 Å². The van der Waals surface area contributed by atoms with Gasteiger partial charge in [-0.3, -0.25) is 14.4 Å². The summed E-state index contributed by atoms with van der Waals surface area (Å²) in [5.74, 6) is -2.12. The lowest BCUT2D eigenvalue weighted by atomic mass is 10.2. The quantitative estimate of drug-likeness (QED) is 0.380. The highest BCUT2D eigenvalue weighted by Gasteiger charge is 2.09. The number of carboxylic acid groups (broad SMARTS) is 1. The molecule has 0 saturated carbocycles. The first-order valence-corrected chi connectivity index (χ1v) is 9.37. The first kappa shape index (κ1) is 21.7. The number of amides is 2. The number of hydrazone groups is 1. The van der Waals surface area contributed by atoms with Gasteiger partial charge < -0.3 is 14.8 Å². The molecule has 31 heavy (non-hydrogen) atoms. The zero-order chi connectivity index (χ0) is 22.4. The van der Waals surface area contributed by atoms with Gasteiger partial charge in [-0.1, -0.05) is 17.7 Å². The smallest absolute Gasteiger partial charge is 0.335 e. The van der Waals surface area contributed by atoms with Crippen molar-refractivity contribution in [1.29, 1.82) is 0 Å². The molecule has 2 amide bonds. The maximum absolute atomic E-state index is 12.4. The molecule has 0 atom stereocenters. The number of halogens is 1. The Morgan fingerprint density at radius 2 is 1.87 bits per heavy atom. The molecule has 0 fully saturated rings. The van der Waals surface area contributed by atoms with Crippen molar-refractivity contribution in [2.45, 2.75) is 12.8 Å². The lowest BCUT2D eigenvalue weighted by Crippen LogP contribution is -2.21. The third-order valence-electron chi connectivity index (χ3n) is 4.13. The normalized spacial score (nSPS) is 10.9. The van der Waals surface area contributed by atoms with E-state index >= 15 is 0 Å². The Kier molecular flexibility index (Phi) is 6.78. The standard InChI is InChI=1S/C21H16ClN3O6/c22-14-4-5-17-16(9-14)20(28)13(11-31-17)10-23-25-19(27)7-6-18(26)24-15-3-1-2-12(8-15)21(29)30/h1-5,8-11H,6-7H2,(H,24,26)(H,25,27)(H,29,30). The number of carbonyl (C=O) groups is 3. The van der Waals surface area contributed by atoms with Gasteiger partial charge in [0.25, 0.3) is 0 Å². The van der Waals surface area contributed by atoms with Crippen molar-refractivity contribution < 1.29 is 23.9 Å². The lowest BCUT2D eigenvalue weighted by molar-refractivity contribution is -0.124. The Balaban J connectivity index is 1.53. The number of carboxylic acids is 1. The predicted octanol–water partition coefficient (Wildman–Crippen LogP) is 3.01. The molecule has 0 spiro atoms. The summed E-state index contributed by atoms with van der Waals surface area (Å²) in [7, 11) is 0. The molecule has 0 aliphatic rings. The second-order valence-electron chi connectivity index (χ2n) is 6.39. The van der Waals surface area contributed by atoms with Crippen molar-refractivity contribution in [3.05, 3.63) is 75.1 Å². The first-order valence-electron chi connectivity index (χ1n) is 8.99. The Hall–Kier alpha value is -3.98. The van der Waals surface area contributed by atoms with Gasteiger partial charge in [-0.05, 0) is 36.4 Å². The molecule has 158 valence electrons. The van der Waals surface area contributed by atoms with Gasteiger partial charge in [-0.25, -0.2) is 10.2 Å². The van der Waals surface area contributed by atoms with E-state index in [0.717, 1.165) is 6.21 Å². The number of hydrogen-bond donors (Lipinski definition) is 3. The van der Waals surface area contributed by atoms with E-state index in [0.29, 0.717) is 16.3 Å². The molecule has 0 aliphatic carbocycles. The van der Waals surface area contributed by atoms with Gasteiger partial charge in [-0.15, -0.1) is 0 Å². The van der Waals surface area contributed by atoms with E-state index in [1.54, 1.807) is 12.1 Å². The van der Waals surface area contributed by atoms with Crippen molar-refractivity contribution in [2.75, 3.05) is 5.32 Å². The zero-order valence-electron chi connectivity index (χ0n) is 15.9. The van der Waals surface area contributed by atoms with Crippen molar-refractivity contribution in [2.24, 2.45) is 5.10 Å². The molecule has 0 aliphatic heterocycles. The Morgan fingerprint density at radius 1 is 1.10 bits per heavy atom. The molecule has 10 heteroatoms. The molecule has 1 aromatic heterocycles. The van der Waals surface area contributed by atoms with Gasteiger partial charge >= 0.3 is 5.97 Å². The Labute approximate surface area is 180 Å². The van der Waals surface area contributed by atoms with Crippen molar-refractivity contribution >= 4 is 52.3 Å². The molecule has 3 aromatic rings. The number of aromatic carboxylic acids is 1. The number of fused-ring (bicyclic) bond motifs is 1. The van der Waals surface area contributed by atoms with Crippen LogP contribution in [0.1, 0.15) is 28.8 Å². The molecule has 0 radical (unpaired) electrons. The molecule has 3 rings (SSSR count). The highest BCUT2D eigenvalue weighted by Crippen LogP contribution is 2.16. The topological polar surface area (TPSA) is 138 Å². The van der Waals surface area contributed by atoms with Gasteiger partial charge in [0.2, 0.25) is 17.2 Å². The summed E-state index contributed by atoms with van der Waals surface area (Å²) < 4.78 is 5.34. The SMILES string of the molecule is O=C(CCC(=O)Nc1cccc(C(=O)O)c1)NN=Cc1coc2ccc(Cl)cc2c1=O. The third kappa shape index (κ3) is 5.77. The highest BCUT2D eigenvalue weighted by molar-refractivity contribution is 6.31. The van der Waals surface area contributed by atoms with Crippen LogP contribution in [0.25, 0.3) is 11.0 Å². The summed E-state index contributed by atoms with van der Waals surface area (Å²) >= 11 is 5.89. The second-order valence-corrected chi connectivity index (χ2v) is 6.82. The maximum Gasteiger partial charge on any atom is 0.335 e. The van der Waals surface area contributed by atoms with E-state index in [-0.39, 0.29) is 34.8 Å². The summed E-state index contributed by atoms with van der Waals surface area (Å²) in [5.41, 5.74) is 2.70. The minimum atomic E-state index is -1.11. The molecule has 0 unspecified atom stereocenters. The summed E-state index contributed by atoms with van der Waals surface area (Å²) in [4.78, 5) is 47.2. The van der Waals surface area contributed by atoms with Gasteiger partial charge in [0.15, 0.2) is 0 Å². The maximum atomic E-state index is 12.4. The van der Waals surface area contributed by atoms with Crippen LogP contribution in [-0.4, -0.2) is 29.1 Å². The third-order valence-corrected chi connectivity index (χ3v) is 4.36. The zero-order valence-corrected chi connectivity index (χ0v) is 16.7. The van der Waals surface area contributed by atoms with Crippen LogP contribution in [0.15, 0.2) is 63.0 Å². The van der Waals surface area contributed by atoms with Gasteiger partial charge in [0.1, 0.15) is 11.8 Å². The van der Waals surface area contributed by atoms with E-state index in [4.69, 9.17) is 21.1 Å². The largest absolute Gasteiger partial charge is 0.478 e. The van der Waals surface area contributed by atoms with E-state index in [1.807, 2.05) is 0 Å². The molecule has 0 saturated heterocycles. The molecule has 0 bridgehead atoms. The van der Waals surface area contributed by atoms with Crippen LogP contribution in [0.3, 0.4) is 0 Å². The molecular weight excluding hydrogens is 426 g/mol. The Bertz CT molecular complexity index is 1250. The first-order chi connectivity index (χ1) is 14.8. The average Bonchev–Trinajstić information content (AvgIpc) is 2.74. The fourth-order valence-corrected chi connectivity index (χ4v) is 2.79. The van der Waals surface area contributed by atoms with E-state index in [9.17, 15) is 19.2 Å². The van der Waals surface area contributed by atoms with Crippen LogP contribution in [0, 0.1) is 0 Å². The van der Waals surface area contributed by atoms with E-state index in [1.165, 1.54) is 36.6 Å². The summed E-state index contributed by atoms with van der Waals surface area (Å²) in [6.07, 6.45) is 2.05. The number of rotatable bonds is 7. The monoisotopic (exact) mass is 441 g/mol. The minimum absolute atomic E-state index is 0.0327. The van der Waals surface area contributed by atoms with Gasteiger partial charge in [0.05, 0.1) is 22.7 Å². The van der Waals surface area contributed by atoms with Crippen molar-refractivity contribution in [3.63, 3.8) is 0 Å². The van der Waals surface area contributed by atoms with Crippen molar-refractivity contribution in [3.8, 4) is 0 Å². The fraction of sp³-hybridized carbons (Fsp3) is 0.0952. The number of carbonyl (C=O) groups excluding carboxylic acids is 2. The number of nitrogens with zero attached hydrogens (tertiary/aromatic N) is 1. The lowest BCUT2D eigenvalue weighted by Gasteiger charge is -2.05. The predicted molar refractivity (Wildman–Crippen MR) is 114 cm³/mol. The number of nitrogens with one attached hydrogen (secondary N) is 2. The summed E-state index contributed by atoms with van der Waals surface area (Å²) in [6, 6.07) is 10.4. The molecule has 1 heterocycles. The number of hydrogen-bond acceptors (Lipinski definition) is 6.